The fourth-order valence-electron chi connectivity index (χ4n) is 3.93. The predicted octanol–water partition coefficient (Wildman–Crippen LogP) is 4.42. The molecule has 0 atom stereocenters. The molecule has 0 spiro atoms. The van der Waals surface area contributed by atoms with Gasteiger partial charge >= 0.3 is 5.97 Å². The maximum Gasteiger partial charge on any atom is 0.357 e. The quantitative estimate of drug-likeness (QED) is 0.326. The van der Waals surface area contributed by atoms with Crippen LogP contribution < -0.4 is 10.2 Å². The van der Waals surface area contributed by atoms with Gasteiger partial charge in [-0.3, -0.25) is 0 Å². The molecule has 0 aliphatic carbocycles. The van der Waals surface area contributed by atoms with E-state index in [9.17, 15) is 9.18 Å². The molecule has 3 heterocycles. The van der Waals surface area contributed by atoms with E-state index in [-0.39, 0.29) is 18.2 Å². The van der Waals surface area contributed by atoms with Gasteiger partial charge in [0, 0.05) is 50.5 Å². The first-order chi connectivity index (χ1) is 15.8. The zero-order valence-corrected chi connectivity index (χ0v) is 19.7. The molecule has 0 saturated carbocycles. The third kappa shape index (κ3) is 6.04. The number of anilines is 3. The predicted molar refractivity (Wildman–Crippen MR) is 126 cm³/mol. The third-order valence-corrected chi connectivity index (χ3v) is 5.68. The van der Waals surface area contributed by atoms with Gasteiger partial charge in [-0.1, -0.05) is 13.8 Å². The van der Waals surface area contributed by atoms with Crippen LogP contribution in [0.15, 0.2) is 24.4 Å². The largest absolute Gasteiger partial charge is 0.461 e. The van der Waals surface area contributed by atoms with Crippen LogP contribution in [-0.4, -0.2) is 55.1 Å². The summed E-state index contributed by atoms with van der Waals surface area (Å²) in [5, 5.41) is 11.9. The van der Waals surface area contributed by atoms with Crippen LogP contribution in [0, 0.1) is 23.2 Å². The lowest BCUT2D eigenvalue weighted by atomic mass is 9.94. The SMILES string of the molecule is CCOC(=O)c1cc(N2CCC(COC)CC2)c(C(=N)C(C)C)c(Nc2ccnc(F)c2)n1. The summed E-state index contributed by atoms with van der Waals surface area (Å²) in [6.45, 7) is 8.08. The van der Waals surface area contributed by atoms with Gasteiger partial charge in [0.05, 0.1) is 17.9 Å². The van der Waals surface area contributed by atoms with Crippen LogP contribution in [0.25, 0.3) is 0 Å². The standard InChI is InChI=1S/C24H32FN5O3/c1-5-33-24(31)18-13-19(30-10-7-16(8-11-30)14-32-4)21(22(26)15(2)3)23(29-18)28-17-6-9-27-20(25)12-17/h6,9,12-13,15-16,26H,5,7-8,10-11,14H2,1-4H3,(H,27,28,29). The lowest BCUT2D eigenvalue weighted by molar-refractivity contribution is 0.0519. The van der Waals surface area contributed by atoms with Gasteiger partial charge < -0.3 is 25.1 Å². The zero-order chi connectivity index (χ0) is 24.0. The second-order valence-corrected chi connectivity index (χ2v) is 8.42. The number of nitrogens with zero attached hydrogens (tertiary/aromatic N) is 3. The third-order valence-electron chi connectivity index (χ3n) is 5.68. The number of pyridine rings is 2. The summed E-state index contributed by atoms with van der Waals surface area (Å²) in [7, 11) is 1.71. The van der Waals surface area contributed by atoms with Crippen molar-refractivity contribution in [2.75, 3.05) is 43.6 Å². The van der Waals surface area contributed by atoms with Crippen molar-refractivity contribution in [2.24, 2.45) is 11.8 Å². The fourth-order valence-corrected chi connectivity index (χ4v) is 3.93. The molecule has 0 bridgehead atoms. The Balaban J connectivity index is 2.10. The summed E-state index contributed by atoms with van der Waals surface area (Å²) in [6.07, 6.45) is 3.23. The maximum absolute atomic E-state index is 13.7. The summed E-state index contributed by atoms with van der Waals surface area (Å²) < 4.78 is 24.3. The highest BCUT2D eigenvalue weighted by Crippen LogP contribution is 2.34. The van der Waals surface area contributed by atoms with Crippen molar-refractivity contribution in [1.29, 1.82) is 5.41 Å². The number of carbonyl (C=O) groups is 1. The molecule has 1 aliphatic rings. The maximum atomic E-state index is 13.7. The number of rotatable bonds is 9. The van der Waals surface area contributed by atoms with E-state index in [0.717, 1.165) is 31.6 Å². The van der Waals surface area contributed by atoms with Gasteiger partial charge in [0.15, 0.2) is 5.69 Å². The molecule has 0 aromatic carbocycles. The molecular weight excluding hydrogens is 425 g/mol. The Bertz CT molecular complexity index is 990. The second kappa shape index (κ2) is 11.2. The van der Waals surface area contributed by atoms with E-state index in [1.165, 1.54) is 12.3 Å². The molecular formula is C24H32FN5O3. The number of piperidine rings is 1. The highest BCUT2D eigenvalue weighted by molar-refractivity contribution is 6.09. The molecule has 178 valence electrons. The molecule has 9 heteroatoms. The van der Waals surface area contributed by atoms with Gasteiger partial charge in [0.25, 0.3) is 0 Å². The molecule has 0 radical (unpaired) electrons. The second-order valence-electron chi connectivity index (χ2n) is 8.42. The minimum absolute atomic E-state index is 0.0836. The summed E-state index contributed by atoms with van der Waals surface area (Å²) in [6, 6.07) is 4.57. The number of halogens is 1. The minimum Gasteiger partial charge on any atom is -0.461 e. The van der Waals surface area contributed by atoms with Crippen LogP contribution in [0.2, 0.25) is 0 Å². The number of carbonyl (C=O) groups excluding carboxylic acids is 1. The van der Waals surface area contributed by atoms with Crippen LogP contribution in [0.1, 0.15) is 49.7 Å². The van der Waals surface area contributed by atoms with Crippen LogP contribution in [0.4, 0.5) is 21.6 Å². The Hall–Kier alpha value is -3.07. The van der Waals surface area contributed by atoms with Crippen molar-refractivity contribution in [3.05, 3.63) is 41.6 Å². The Morgan fingerprint density at radius 2 is 2.06 bits per heavy atom. The van der Waals surface area contributed by atoms with E-state index in [1.54, 1.807) is 26.2 Å². The number of hydrogen-bond donors (Lipinski definition) is 2. The molecule has 2 aromatic heterocycles. The van der Waals surface area contributed by atoms with Crippen molar-refractivity contribution in [2.45, 2.75) is 33.6 Å². The first-order valence-electron chi connectivity index (χ1n) is 11.3. The van der Waals surface area contributed by atoms with Crippen molar-refractivity contribution in [3.63, 3.8) is 0 Å². The van der Waals surface area contributed by atoms with E-state index >= 15 is 0 Å². The van der Waals surface area contributed by atoms with E-state index < -0.39 is 11.9 Å². The average molecular weight is 458 g/mol. The summed E-state index contributed by atoms with van der Waals surface area (Å²) in [5.74, 6) is -0.469. The molecule has 1 aliphatic heterocycles. The number of esters is 1. The number of hydrogen-bond acceptors (Lipinski definition) is 8. The van der Waals surface area contributed by atoms with Gasteiger partial charge in [0.1, 0.15) is 5.82 Å². The Kier molecular flexibility index (Phi) is 8.32. The van der Waals surface area contributed by atoms with Crippen LogP contribution in [0.5, 0.6) is 0 Å². The normalized spacial score (nSPS) is 14.4. The summed E-state index contributed by atoms with van der Waals surface area (Å²) >= 11 is 0. The molecule has 3 rings (SSSR count). The van der Waals surface area contributed by atoms with E-state index in [0.29, 0.717) is 35.3 Å². The number of nitrogens with one attached hydrogen (secondary N) is 2. The summed E-state index contributed by atoms with van der Waals surface area (Å²) in [5.41, 5.74) is 2.30. The number of ether oxygens (including phenoxy) is 2. The van der Waals surface area contributed by atoms with Crippen molar-refractivity contribution in [1.82, 2.24) is 9.97 Å². The Morgan fingerprint density at radius 3 is 2.67 bits per heavy atom. The van der Waals surface area contributed by atoms with Crippen LogP contribution in [0.3, 0.4) is 0 Å². The Morgan fingerprint density at radius 1 is 1.33 bits per heavy atom. The van der Waals surface area contributed by atoms with Crippen molar-refractivity contribution >= 4 is 28.9 Å². The molecule has 2 aromatic rings. The van der Waals surface area contributed by atoms with E-state index in [2.05, 4.69) is 20.2 Å². The highest BCUT2D eigenvalue weighted by atomic mass is 19.1. The van der Waals surface area contributed by atoms with Crippen molar-refractivity contribution in [3.8, 4) is 0 Å². The van der Waals surface area contributed by atoms with Crippen LogP contribution in [-0.2, 0) is 9.47 Å². The topological polar surface area (TPSA) is 100 Å². The molecule has 2 N–H and O–H groups in total. The first kappa shape index (κ1) is 24.6. The van der Waals surface area contributed by atoms with Gasteiger partial charge in [-0.25, -0.2) is 14.8 Å². The molecule has 1 fully saturated rings. The molecule has 1 saturated heterocycles. The number of methoxy groups -OCH3 is 1. The van der Waals surface area contributed by atoms with E-state index in [4.69, 9.17) is 14.9 Å². The molecule has 0 unspecified atom stereocenters. The first-order valence-corrected chi connectivity index (χ1v) is 11.3. The minimum atomic E-state index is -0.637. The van der Waals surface area contributed by atoms with Crippen molar-refractivity contribution < 1.29 is 18.7 Å². The fraction of sp³-hybridized carbons (Fsp3) is 0.500. The van der Waals surface area contributed by atoms with Gasteiger partial charge in [-0.15, -0.1) is 0 Å². The highest BCUT2D eigenvalue weighted by Gasteiger charge is 2.28. The lowest BCUT2D eigenvalue weighted by Crippen LogP contribution is -2.36. The smallest absolute Gasteiger partial charge is 0.357 e. The average Bonchev–Trinajstić information content (AvgIpc) is 2.79. The Labute approximate surface area is 194 Å². The monoisotopic (exact) mass is 457 g/mol. The molecule has 8 nitrogen and oxygen atoms in total. The summed E-state index contributed by atoms with van der Waals surface area (Å²) in [4.78, 5) is 22.9. The van der Waals surface area contributed by atoms with E-state index in [1.807, 2.05) is 13.8 Å². The van der Waals surface area contributed by atoms with Crippen LogP contribution >= 0.6 is 0 Å². The lowest BCUT2D eigenvalue weighted by Gasteiger charge is -2.35. The number of aromatic nitrogens is 2. The van der Waals surface area contributed by atoms with Gasteiger partial charge in [0.2, 0.25) is 5.95 Å². The molecule has 0 amide bonds. The van der Waals surface area contributed by atoms with Gasteiger partial charge in [-0.2, -0.15) is 4.39 Å². The molecule has 33 heavy (non-hydrogen) atoms. The van der Waals surface area contributed by atoms with Gasteiger partial charge in [-0.05, 0) is 43.7 Å². The zero-order valence-electron chi connectivity index (χ0n) is 19.7.